The topological polar surface area (TPSA) is 54.9 Å². The van der Waals surface area contributed by atoms with Crippen LogP contribution in [0.4, 0.5) is 4.39 Å². The van der Waals surface area contributed by atoms with Crippen LogP contribution in [0.5, 0.6) is 5.75 Å². The van der Waals surface area contributed by atoms with Crippen molar-refractivity contribution in [3.63, 3.8) is 0 Å². The Balaban J connectivity index is 2.57. The van der Waals surface area contributed by atoms with Gasteiger partial charge in [0.2, 0.25) is 0 Å². The molecule has 0 spiro atoms. The molecule has 0 aliphatic rings. The number of hydrogen-bond acceptors (Lipinski definition) is 3. The van der Waals surface area contributed by atoms with Gasteiger partial charge in [0.1, 0.15) is 12.4 Å². The summed E-state index contributed by atoms with van der Waals surface area (Å²) in [4.78, 5) is 4.12. The third-order valence-electron chi connectivity index (χ3n) is 3.18. The van der Waals surface area contributed by atoms with E-state index in [-0.39, 0.29) is 6.67 Å². The first kappa shape index (κ1) is 19.2. The maximum absolute atomic E-state index is 12.1. The smallest absolute Gasteiger partial charge is 0.191 e. The molecule has 0 fully saturated rings. The third kappa shape index (κ3) is 7.83. The van der Waals surface area contributed by atoms with Gasteiger partial charge in [-0.05, 0) is 31.9 Å². The second kappa shape index (κ2) is 11.7. The van der Waals surface area contributed by atoms with E-state index in [9.17, 15) is 4.39 Å². The van der Waals surface area contributed by atoms with Crippen LogP contribution < -0.4 is 15.4 Å². The monoisotopic (exact) mass is 325 g/mol. The van der Waals surface area contributed by atoms with E-state index in [1.165, 1.54) is 0 Å². The van der Waals surface area contributed by atoms with Crippen LogP contribution in [0.25, 0.3) is 0 Å². The highest BCUT2D eigenvalue weighted by atomic mass is 19.1. The number of halogens is 1. The number of rotatable bonds is 10. The molecule has 0 saturated heterocycles. The van der Waals surface area contributed by atoms with Crippen molar-refractivity contribution in [2.75, 3.05) is 40.1 Å². The van der Waals surface area contributed by atoms with E-state index in [0.717, 1.165) is 16.9 Å². The number of aliphatic imine (C=N–C) groups is 1. The number of ether oxygens (including phenoxy) is 2. The van der Waals surface area contributed by atoms with Crippen molar-refractivity contribution in [2.24, 2.45) is 4.99 Å². The molecule has 0 saturated carbocycles. The lowest BCUT2D eigenvalue weighted by molar-refractivity contribution is 0.110. The predicted molar refractivity (Wildman–Crippen MR) is 92.0 cm³/mol. The Kier molecular flexibility index (Phi) is 9.79. The SMILES string of the molecule is CCOCCOc1cc(C)ccc1CNC(=NC)NCCCF. The van der Waals surface area contributed by atoms with Crippen LogP contribution in [0.15, 0.2) is 23.2 Å². The van der Waals surface area contributed by atoms with Gasteiger partial charge in [-0.1, -0.05) is 12.1 Å². The molecule has 0 bridgehead atoms. The van der Waals surface area contributed by atoms with Gasteiger partial charge in [-0.2, -0.15) is 0 Å². The van der Waals surface area contributed by atoms with Gasteiger partial charge >= 0.3 is 0 Å². The normalized spacial score (nSPS) is 11.4. The van der Waals surface area contributed by atoms with Crippen molar-refractivity contribution in [3.05, 3.63) is 29.3 Å². The summed E-state index contributed by atoms with van der Waals surface area (Å²) >= 11 is 0. The zero-order valence-electron chi connectivity index (χ0n) is 14.3. The highest BCUT2D eigenvalue weighted by molar-refractivity contribution is 5.79. The lowest BCUT2D eigenvalue weighted by Gasteiger charge is -2.15. The molecule has 23 heavy (non-hydrogen) atoms. The van der Waals surface area contributed by atoms with Gasteiger partial charge < -0.3 is 20.1 Å². The number of nitrogens with one attached hydrogen (secondary N) is 2. The summed E-state index contributed by atoms with van der Waals surface area (Å²) in [6, 6.07) is 6.10. The second-order valence-electron chi connectivity index (χ2n) is 5.05. The number of nitrogens with zero attached hydrogens (tertiary/aromatic N) is 1. The zero-order valence-corrected chi connectivity index (χ0v) is 14.3. The van der Waals surface area contributed by atoms with Crippen LogP contribution in [-0.2, 0) is 11.3 Å². The Morgan fingerprint density at radius 3 is 2.78 bits per heavy atom. The summed E-state index contributed by atoms with van der Waals surface area (Å²) in [6.07, 6.45) is 0.469. The molecule has 0 amide bonds. The maximum Gasteiger partial charge on any atom is 0.191 e. The fraction of sp³-hybridized carbons (Fsp3) is 0.588. The van der Waals surface area contributed by atoms with Gasteiger partial charge in [-0.15, -0.1) is 0 Å². The van der Waals surface area contributed by atoms with E-state index in [4.69, 9.17) is 9.47 Å². The van der Waals surface area contributed by atoms with Gasteiger partial charge in [0.15, 0.2) is 5.96 Å². The van der Waals surface area contributed by atoms with Crippen LogP contribution in [-0.4, -0.2) is 46.0 Å². The van der Waals surface area contributed by atoms with E-state index in [1.54, 1.807) is 7.05 Å². The summed E-state index contributed by atoms with van der Waals surface area (Å²) in [7, 11) is 1.69. The highest BCUT2D eigenvalue weighted by Crippen LogP contribution is 2.20. The average Bonchev–Trinajstić information content (AvgIpc) is 2.56. The van der Waals surface area contributed by atoms with Gasteiger partial charge in [-0.25, -0.2) is 0 Å². The largest absolute Gasteiger partial charge is 0.491 e. The minimum atomic E-state index is -0.334. The molecule has 5 nitrogen and oxygen atoms in total. The average molecular weight is 325 g/mol. The molecule has 1 aromatic rings. The van der Waals surface area contributed by atoms with Crippen molar-refractivity contribution >= 4 is 5.96 Å². The summed E-state index contributed by atoms with van der Waals surface area (Å²) in [5.41, 5.74) is 2.19. The predicted octanol–water partition coefficient (Wildman–Crippen LogP) is 2.43. The number of alkyl halides is 1. The van der Waals surface area contributed by atoms with Gasteiger partial charge in [0.25, 0.3) is 0 Å². The lowest BCUT2D eigenvalue weighted by Crippen LogP contribution is -2.37. The molecule has 130 valence electrons. The molecular formula is C17H28FN3O2. The Morgan fingerprint density at radius 1 is 1.26 bits per heavy atom. The highest BCUT2D eigenvalue weighted by Gasteiger charge is 2.06. The molecule has 0 heterocycles. The van der Waals surface area contributed by atoms with E-state index in [2.05, 4.69) is 15.6 Å². The summed E-state index contributed by atoms with van der Waals surface area (Å²) < 4.78 is 23.2. The Labute approximate surface area is 138 Å². The molecule has 6 heteroatoms. The summed E-state index contributed by atoms with van der Waals surface area (Å²) in [5.74, 6) is 1.50. The standard InChI is InChI=1S/C17H28FN3O2/c1-4-22-10-11-23-16-12-14(2)6-7-15(16)13-21-17(19-3)20-9-5-8-18/h6-7,12H,4-5,8-11,13H2,1-3H3,(H2,19,20,21). The van der Waals surface area contributed by atoms with Crippen molar-refractivity contribution in [2.45, 2.75) is 26.8 Å². The molecule has 2 N–H and O–H groups in total. The number of guanidine groups is 1. The van der Waals surface area contributed by atoms with Gasteiger partial charge in [0.05, 0.1) is 13.3 Å². The molecule has 0 atom stereocenters. The second-order valence-corrected chi connectivity index (χ2v) is 5.05. The van der Waals surface area contributed by atoms with Crippen LogP contribution in [0.1, 0.15) is 24.5 Å². The first-order chi connectivity index (χ1) is 11.2. The van der Waals surface area contributed by atoms with Crippen LogP contribution in [0, 0.1) is 6.92 Å². The van der Waals surface area contributed by atoms with Gasteiger partial charge in [0, 0.05) is 32.3 Å². The van der Waals surface area contributed by atoms with Crippen molar-refractivity contribution in [3.8, 4) is 5.75 Å². The first-order valence-electron chi connectivity index (χ1n) is 8.01. The molecule has 0 aromatic heterocycles. The van der Waals surface area contributed by atoms with E-state index in [1.807, 2.05) is 32.0 Å². The number of benzene rings is 1. The summed E-state index contributed by atoms with van der Waals surface area (Å²) in [5, 5.41) is 6.28. The minimum Gasteiger partial charge on any atom is -0.491 e. The lowest BCUT2D eigenvalue weighted by atomic mass is 10.1. The molecule has 0 unspecified atom stereocenters. The fourth-order valence-electron chi connectivity index (χ4n) is 1.97. The van der Waals surface area contributed by atoms with Crippen molar-refractivity contribution < 1.29 is 13.9 Å². The molecule has 0 aliphatic heterocycles. The number of aryl methyl sites for hydroxylation is 1. The maximum atomic E-state index is 12.1. The molecule has 0 radical (unpaired) electrons. The first-order valence-corrected chi connectivity index (χ1v) is 8.01. The van der Waals surface area contributed by atoms with E-state index >= 15 is 0 Å². The molecule has 1 aromatic carbocycles. The quantitative estimate of drug-likeness (QED) is 0.394. The number of hydrogen-bond donors (Lipinski definition) is 2. The molecule has 0 aliphatic carbocycles. The Hall–Kier alpha value is -1.82. The Morgan fingerprint density at radius 2 is 2.09 bits per heavy atom. The zero-order chi connectivity index (χ0) is 16.9. The van der Waals surface area contributed by atoms with E-state index < -0.39 is 0 Å². The van der Waals surface area contributed by atoms with Crippen molar-refractivity contribution in [1.82, 2.24) is 10.6 Å². The van der Waals surface area contributed by atoms with Crippen LogP contribution >= 0.6 is 0 Å². The minimum absolute atomic E-state index is 0.334. The Bertz CT molecular complexity index is 481. The van der Waals surface area contributed by atoms with E-state index in [0.29, 0.717) is 45.3 Å². The van der Waals surface area contributed by atoms with Crippen LogP contribution in [0.3, 0.4) is 0 Å². The van der Waals surface area contributed by atoms with Gasteiger partial charge in [-0.3, -0.25) is 9.38 Å². The summed E-state index contributed by atoms with van der Waals surface area (Å²) in [6.45, 7) is 6.58. The molecular weight excluding hydrogens is 297 g/mol. The molecule has 1 rings (SSSR count). The fourth-order valence-corrected chi connectivity index (χ4v) is 1.97. The van der Waals surface area contributed by atoms with Crippen LogP contribution in [0.2, 0.25) is 0 Å². The van der Waals surface area contributed by atoms with Crippen molar-refractivity contribution in [1.29, 1.82) is 0 Å². The third-order valence-corrected chi connectivity index (χ3v) is 3.18.